The summed E-state index contributed by atoms with van der Waals surface area (Å²) in [5, 5.41) is 52.4. The summed E-state index contributed by atoms with van der Waals surface area (Å²) in [6, 6.07) is 49.1. The summed E-state index contributed by atoms with van der Waals surface area (Å²) in [5.74, 6) is -2.61. The summed E-state index contributed by atoms with van der Waals surface area (Å²) in [7, 11) is 0. The highest BCUT2D eigenvalue weighted by Gasteiger charge is 2.29. The first-order chi connectivity index (χ1) is 25.8. The number of phenols is 4. The summed E-state index contributed by atoms with van der Waals surface area (Å²) >= 11 is 0. The summed E-state index contributed by atoms with van der Waals surface area (Å²) < 4.78 is 0. The second kappa shape index (κ2) is 12.3. The van der Waals surface area contributed by atoms with E-state index in [1.54, 1.807) is 0 Å². The van der Waals surface area contributed by atoms with Crippen LogP contribution in [0.15, 0.2) is 152 Å². The number of benzene rings is 9. The van der Waals surface area contributed by atoms with Gasteiger partial charge in [0.1, 0.15) is 0 Å². The molecule has 0 fully saturated rings. The van der Waals surface area contributed by atoms with Crippen molar-refractivity contribution in [2.75, 3.05) is 0 Å². The minimum absolute atomic E-state index is 0.223. The Morgan fingerprint density at radius 1 is 0.415 bits per heavy atom. The van der Waals surface area contributed by atoms with E-state index in [4.69, 9.17) is 0 Å². The van der Waals surface area contributed by atoms with Gasteiger partial charge < -0.3 is 20.4 Å². The largest absolute Gasteiger partial charge is 0.504 e. The minimum atomic E-state index is -0.787. The zero-order valence-electron chi connectivity index (χ0n) is 28.9. The monoisotopic (exact) mass is 686 g/mol. The first kappa shape index (κ1) is 31.9. The topological polar surface area (TPSA) is 80.9 Å². The highest BCUT2D eigenvalue weighted by Crippen LogP contribution is 2.58. The van der Waals surface area contributed by atoms with Crippen LogP contribution >= 0.6 is 0 Å². The molecular formula is C49H34O4. The van der Waals surface area contributed by atoms with Gasteiger partial charge in [0.05, 0.1) is 0 Å². The molecule has 0 amide bonds. The molecule has 0 bridgehead atoms. The Morgan fingerprint density at radius 3 is 1.57 bits per heavy atom. The van der Waals surface area contributed by atoms with E-state index in [1.165, 1.54) is 0 Å². The van der Waals surface area contributed by atoms with Crippen LogP contribution in [-0.4, -0.2) is 20.4 Å². The van der Waals surface area contributed by atoms with Crippen LogP contribution in [0.25, 0.3) is 93.7 Å². The van der Waals surface area contributed by atoms with Gasteiger partial charge in [-0.3, -0.25) is 0 Å². The van der Waals surface area contributed by atoms with Crippen LogP contribution in [0.2, 0.25) is 0 Å². The van der Waals surface area contributed by atoms with E-state index in [-0.39, 0.29) is 10.8 Å². The molecule has 4 heteroatoms. The van der Waals surface area contributed by atoms with Crippen molar-refractivity contribution in [3.05, 3.63) is 163 Å². The number of hydrogen-bond donors (Lipinski definition) is 4. The van der Waals surface area contributed by atoms with Crippen LogP contribution in [0.5, 0.6) is 23.0 Å². The van der Waals surface area contributed by atoms with Crippen molar-refractivity contribution in [1.29, 1.82) is 0 Å². The molecule has 0 aromatic heterocycles. The molecule has 0 aliphatic rings. The Labute approximate surface area is 306 Å². The second-order valence-corrected chi connectivity index (χ2v) is 13.6. The average molecular weight is 687 g/mol. The molecule has 53 heavy (non-hydrogen) atoms. The van der Waals surface area contributed by atoms with E-state index >= 15 is 0 Å². The molecule has 0 heterocycles. The number of rotatable bonds is 5. The zero-order chi connectivity index (χ0) is 36.4. The van der Waals surface area contributed by atoms with Gasteiger partial charge in [0, 0.05) is 21.9 Å². The molecule has 0 radical (unpaired) electrons. The SMILES string of the molecule is C=Cc1c(C)c(-c2ccc3ccccc3c2)cc2c(-c3ccccc3)c3c(O)c(O)c(O)c(O)c3c(-c3cccc(-c4ccc5ccccc5c4)c3)c12. The number of phenolic OH excluding ortho intramolecular Hbond substituents is 4. The summed E-state index contributed by atoms with van der Waals surface area (Å²) in [6.07, 6.45) is 1.84. The Hall–Kier alpha value is -7.04. The van der Waals surface area contributed by atoms with Crippen molar-refractivity contribution in [2.45, 2.75) is 6.92 Å². The van der Waals surface area contributed by atoms with Gasteiger partial charge in [0.2, 0.25) is 11.5 Å². The first-order valence-corrected chi connectivity index (χ1v) is 17.5. The highest BCUT2D eigenvalue weighted by molar-refractivity contribution is 6.27. The third-order valence-electron chi connectivity index (χ3n) is 10.6. The van der Waals surface area contributed by atoms with Gasteiger partial charge in [0.15, 0.2) is 11.5 Å². The van der Waals surface area contributed by atoms with Crippen molar-refractivity contribution in [3.8, 4) is 67.5 Å². The maximum Gasteiger partial charge on any atom is 0.204 e. The third-order valence-corrected chi connectivity index (χ3v) is 10.6. The molecule has 4 N–H and O–H groups in total. The maximum atomic E-state index is 11.9. The van der Waals surface area contributed by atoms with Crippen molar-refractivity contribution in [2.24, 2.45) is 0 Å². The Balaban J connectivity index is 1.46. The Morgan fingerprint density at radius 2 is 0.925 bits per heavy atom. The summed E-state index contributed by atoms with van der Waals surface area (Å²) in [5.41, 5.74) is 8.55. The molecule has 0 atom stereocenters. The molecule has 9 rings (SSSR count). The summed E-state index contributed by atoms with van der Waals surface area (Å²) in [4.78, 5) is 0. The number of aromatic hydroxyl groups is 4. The molecule has 0 saturated heterocycles. The molecule has 9 aromatic carbocycles. The highest BCUT2D eigenvalue weighted by atomic mass is 16.3. The van der Waals surface area contributed by atoms with E-state index < -0.39 is 23.0 Å². The van der Waals surface area contributed by atoms with E-state index in [0.717, 1.165) is 76.8 Å². The smallest absolute Gasteiger partial charge is 0.204 e. The molecule has 0 unspecified atom stereocenters. The minimum Gasteiger partial charge on any atom is -0.504 e. The van der Waals surface area contributed by atoms with Gasteiger partial charge in [-0.2, -0.15) is 0 Å². The van der Waals surface area contributed by atoms with Crippen molar-refractivity contribution in [3.63, 3.8) is 0 Å². The van der Waals surface area contributed by atoms with Gasteiger partial charge in [0.25, 0.3) is 0 Å². The van der Waals surface area contributed by atoms with Crippen LogP contribution in [0, 0.1) is 6.92 Å². The lowest BCUT2D eigenvalue weighted by molar-refractivity contribution is 0.351. The van der Waals surface area contributed by atoms with E-state index in [9.17, 15) is 20.4 Å². The van der Waals surface area contributed by atoms with Crippen molar-refractivity contribution >= 4 is 49.2 Å². The lowest BCUT2D eigenvalue weighted by Crippen LogP contribution is -1.98. The van der Waals surface area contributed by atoms with Crippen LogP contribution in [-0.2, 0) is 0 Å². The number of fused-ring (bicyclic) bond motifs is 4. The molecule has 0 saturated carbocycles. The molecule has 0 aliphatic carbocycles. The van der Waals surface area contributed by atoms with Crippen LogP contribution in [0.4, 0.5) is 0 Å². The lowest BCUT2D eigenvalue weighted by Gasteiger charge is -2.24. The molecule has 9 aromatic rings. The lowest BCUT2D eigenvalue weighted by atomic mass is 9.80. The quantitative estimate of drug-likeness (QED) is 0.0825. The van der Waals surface area contributed by atoms with Crippen molar-refractivity contribution < 1.29 is 20.4 Å². The van der Waals surface area contributed by atoms with E-state index in [2.05, 4.69) is 92.4 Å². The third kappa shape index (κ3) is 4.99. The summed E-state index contributed by atoms with van der Waals surface area (Å²) in [6.45, 7) is 6.39. The molecule has 4 nitrogen and oxygen atoms in total. The fourth-order valence-electron chi connectivity index (χ4n) is 8.04. The molecule has 254 valence electrons. The van der Waals surface area contributed by atoms with Gasteiger partial charge in [-0.15, -0.1) is 0 Å². The average Bonchev–Trinajstić information content (AvgIpc) is 3.21. The first-order valence-electron chi connectivity index (χ1n) is 17.5. The van der Waals surface area contributed by atoms with Crippen LogP contribution in [0.1, 0.15) is 11.1 Å². The standard InChI is InChI=1S/C49H34O4/c1-3-38-28(2)39(36-23-21-30-13-8-10-17-33(30)25-36)27-40-41(31-14-5-4-6-15-31)44-45(47(51)49(53)48(52)46(44)50)42(43(38)40)37-19-11-18-34(26-37)35-22-20-29-12-7-9-16-32(29)24-35/h3-27,50-53H,1H2,2H3. The maximum absolute atomic E-state index is 11.9. The van der Waals surface area contributed by atoms with E-state index in [1.807, 2.05) is 72.8 Å². The van der Waals surface area contributed by atoms with Gasteiger partial charge in [-0.1, -0.05) is 134 Å². The Bertz CT molecular complexity index is 2960. The van der Waals surface area contributed by atoms with Crippen LogP contribution in [0.3, 0.4) is 0 Å². The fourth-order valence-corrected chi connectivity index (χ4v) is 8.04. The predicted octanol–water partition coefficient (Wildman–Crippen LogP) is 12.7. The van der Waals surface area contributed by atoms with Crippen molar-refractivity contribution in [1.82, 2.24) is 0 Å². The molecular weight excluding hydrogens is 653 g/mol. The molecule has 0 spiro atoms. The van der Waals surface area contributed by atoms with Gasteiger partial charge in [-0.25, -0.2) is 0 Å². The van der Waals surface area contributed by atoms with Crippen LogP contribution < -0.4 is 0 Å². The second-order valence-electron chi connectivity index (χ2n) is 13.6. The van der Waals surface area contributed by atoms with E-state index in [0.29, 0.717) is 11.1 Å². The molecule has 0 aliphatic heterocycles. The predicted molar refractivity (Wildman–Crippen MR) is 220 cm³/mol. The van der Waals surface area contributed by atoms with Gasteiger partial charge in [-0.05, 0) is 108 Å². The number of hydrogen-bond acceptors (Lipinski definition) is 4. The normalized spacial score (nSPS) is 11.5. The zero-order valence-corrected chi connectivity index (χ0v) is 28.9. The Kier molecular flexibility index (Phi) is 7.42. The fraction of sp³-hybridized carbons (Fsp3) is 0.0204. The van der Waals surface area contributed by atoms with Gasteiger partial charge >= 0.3 is 0 Å².